The van der Waals surface area contributed by atoms with Crippen LogP contribution in [0.15, 0.2) is 54.6 Å². The van der Waals surface area contributed by atoms with E-state index in [1.807, 2.05) is 55.0 Å². The van der Waals surface area contributed by atoms with Crippen molar-refractivity contribution < 1.29 is 4.79 Å². The molecule has 0 atom stereocenters. The lowest BCUT2D eigenvalue weighted by atomic mass is 9.99. The van der Waals surface area contributed by atoms with Gasteiger partial charge in [0.15, 0.2) is 0 Å². The summed E-state index contributed by atoms with van der Waals surface area (Å²) in [5.41, 5.74) is 7.76. The number of carbonyl (C=O) groups is 1. The maximum Gasteiger partial charge on any atom is 0.248 e. The largest absolute Gasteiger partial charge is 0.366 e. The number of benzene rings is 2. The number of primary amides is 1. The van der Waals surface area contributed by atoms with E-state index in [-0.39, 0.29) is 0 Å². The summed E-state index contributed by atoms with van der Waals surface area (Å²) < 4.78 is 0. The summed E-state index contributed by atoms with van der Waals surface area (Å²) in [6, 6.07) is 17.2. The van der Waals surface area contributed by atoms with Gasteiger partial charge in [-0.2, -0.15) is 0 Å². The molecular formula is C14H12NO. The average molecular weight is 210 g/mol. The third kappa shape index (κ3) is 2.28. The number of hydrogen-bond donors (Lipinski definition) is 1. The lowest BCUT2D eigenvalue weighted by Gasteiger charge is -2.05. The molecule has 2 aromatic carbocycles. The molecule has 2 nitrogen and oxygen atoms in total. The second-order valence-corrected chi connectivity index (χ2v) is 3.51. The normalized spacial score (nSPS) is 10.0. The predicted molar refractivity (Wildman–Crippen MR) is 63.9 cm³/mol. The Kier molecular flexibility index (Phi) is 3.01. The lowest BCUT2D eigenvalue weighted by Crippen LogP contribution is -2.13. The molecule has 0 spiro atoms. The van der Waals surface area contributed by atoms with Gasteiger partial charge in [0.25, 0.3) is 0 Å². The van der Waals surface area contributed by atoms with E-state index in [9.17, 15) is 4.79 Å². The molecule has 0 aromatic heterocycles. The maximum atomic E-state index is 11.2. The smallest absolute Gasteiger partial charge is 0.248 e. The minimum atomic E-state index is -0.400. The molecule has 0 bridgehead atoms. The van der Waals surface area contributed by atoms with E-state index in [1.165, 1.54) is 0 Å². The molecule has 0 unspecified atom stereocenters. The summed E-state index contributed by atoms with van der Waals surface area (Å²) in [6.45, 7) is 0. The van der Waals surface area contributed by atoms with Crippen molar-refractivity contribution in [2.45, 2.75) is 0 Å². The van der Waals surface area contributed by atoms with Crippen LogP contribution in [-0.4, -0.2) is 5.91 Å². The van der Waals surface area contributed by atoms with Crippen LogP contribution in [0.2, 0.25) is 0 Å². The molecule has 2 aromatic rings. The molecule has 0 aliphatic carbocycles. The summed E-state index contributed by atoms with van der Waals surface area (Å²) in [4.78, 5) is 11.2. The van der Waals surface area contributed by atoms with Crippen molar-refractivity contribution in [3.63, 3.8) is 0 Å². The highest BCUT2D eigenvalue weighted by atomic mass is 16.1. The molecule has 2 rings (SSSR count). The summed E-state index contributed by atoms with van der Waals surface area (Å²) >= 11 is 0. The summed E-state index contributed by atoms with van der Waals surface area (Å²) in [5, 5.41) is 0. The molecule has 1 radical (unpaired) electrons. The average Bonchev–Trinajstić information content (AvgIpc) is 2.31. The topological polar surface area (TPSA) is 43.1 Å². The molecule has 0 heterocycles. The standard InChI is InChI=1S/C14H12NO/c15-14(16)13-9-5-4-8-12(13)10-11-6-2-1-3-7-11/h1-10H,(H2,15,16). The molecule has 1 amide bonds. The van der Waals surface area contributed by atoms with E-state index in [0.717, 1.165) is 11.1 Å². The Morgan fingerprint density at radius 2 is 1.56 bits per heavy atom. The Morgan fingerprint density at radius 1 is 0.938 bits per heavy atom. The van der Waals surface area contributed by atoms with E-state index < -0.39 is 5.91 Å². The predicted octanol–water partition coefficient (Wildman–Crippen LogP) is 2.39. The highest BCUT2D eigenvalue weighted by Gasteiger charge is 2.07. The first-order valence-electron chi connectivity index (χ1n) is 5.06. The van der Waals surface area contributed by atoms with Crippen LogP contribution in [0.5, 0.6) is 0 Å². The third-order valence-corrected chi connectivity index (χ3v) is 2.35. The molecule has 0 saturated carbocycles. The van der Waals surface area contributed by atoms with Crippen molar-refractivity contribution in [3.8, 4) is 0 Å². The van der Waals surface area contributed by atoms with Gasteiger partial charge in [0, 0.05) is 12.0 Å². The molecule has 2 heteroatoms. The van der Waals surface area contributed by atoms with Crippen molar-refractivity contribution in [1.82, 2.24) is 0 Å². The second-order valence-electron chi connectivity index (χ2n) is 3.51. The molecule has 2 N–H and O–H groups in total. The number of carbonyl (C=O) groups excluding carboxylic acids is 1. The highest BCUT2D eigenvalue weighted by Crippen LogP contribution is 2.15. The molecular weight excluding hydrogens is 198 g/mol. The Bertz CT molecular complexity index is 491. The number of rotatable bonds is 3. The van der Waals surface area contributed by atoms with Crippen molar-refractivity contribution in [3.05, 3.63) is 77.7 Å². The van der Waals surface area contributed by atoms with Gasteiger partial charge in [-0.15, -0.1) is 0 Å². The first-order chi connectivity index (χ1) is 7.77. The van der Waals surface area contributed by atoms with Crippen LogP contribution in [-0.2, 0) is 0 Å². The van der Waals surface area contributed by atoms with Crippen LogP contribution in [0, 0.1) is 6.42 Å². The Labute approximate surface area is 94.7 Å². The van der Waals surface area contributed by atoms with Gasteiger partial charge >= 0.3 is 0 Å². The summed E-state index contributed by atoms with van der Waals surface area (Å²) in [5.74, 6) is -0.400. The van der Waals surface area contributed by atoms with E-state index in [4.69, 9.17) is 5.73 Å². The molecule has 0 aliphatic rings. The van der Waals surface area contributed by atoms with Gasteiger partial charge in [-0.3, -0.25) is 4.79 Å². The van der Waals surface area contributed by atoms with Crippen molar-refractivity contribution >= 4 is 5.91 Å². The van der Waals surface area contributed by atoms with Crippen LogP contribution in [0.25, 0.3) is 0 Å². The van der Waals surface area contributed by atoms with Gasteiger partial charge in [0.1, 0.15) is 0 Å². The summed E-state index contributed by atoms with van der Waals surface area (Å²) in [6.07, 6.45) is 1.94. The molecule has 0 saturated heterocycles. The Balaban J connectivity index is 2.31. The first kappa shape index (κ1) is 10.4. The quantitative estimate of drug-likeness (QED) is 0.830. The fourth-order valence-corrected chi connectivity index (χ4v) is 1.58. The van der Waals surface area contributed by atoms with Crippen LogP contribution in [0.1, 0.15) is 21.5 Å². The Morgan fingerprint density at radius 3 is 2.25 bits per heavy atom. The van der Waals surface area contributed by atoms with Gasteiger partial charge in [-0.1, -0.05) is 48.5 Å². The zero-order valence-corrected chi connectivity index (χ0v) is 8.76. The van der Waals surface area contributed by atoms with Crippen molar-refractivity contribution in [2.24, 2.45) is 5.73 Å². The summed E-state index contributed by atoms with van der Waals surface area (Å²) in [7, 11) is 0. The van der Waals surface area contributed by atoms with Gasteiger partial charge in [0.2, 0.25) is 5.91 Å². The van der Waals surface area contributed by atoms with Crippen LogP contribution < -0.4 is 5.73 Å². The van der Waals surface area contributed by atoms with Gasteiger partial charge in [-0.25, -0.2) is 0 Å². The van der Waals surface area contributed by atoms with E-state index in [2.05, 4.69) is 0 Å². The number of amides is 1. The zero-order valence-electron chi connectivity index (χ0n) is 8.76. The zero-order chi connectivity index (χ0) is 11.4. The third-order valence-electron chi connectivity index (χ3n) is 2.35. The van der Waals surface area contributed by atoms with Crippen molar-refractivity contribution in [1.29, 1.82) is 0 Å². The molecule has 16 heavy (non-hydrogen) atoms. The maximum absolute atomic E-state index is 11.2. The van der Waals surface area contributed by atoms with Crippen LogP contribution >= 0.6 is 0 Å². The van der Waals surface area contributed by atoms with Gasteiger partial charge < -0.3 is 5.73 Å². The fraction of sp³-hybridized carbons (Fsp3) is 0. The number of nitrogens with two attached hydrogens (primary N) is 1. The number of hydrogen-bond acceptors (Lipinski definition) is 1. The van der Waals surface area contributed by atoms with Crippen LogP contribution in [0.3, 0.4) is 0 Å². The van der Waals surface area contributed by atoms with Gasteiger partial charge in [-0.05, 0) is 17.2 Å². The van der Waals surface area contributed by atoms with E-state index >= 15 is 0 Å². The highest BCUT2D eigenvalue weighted by molar-refractivity contribution is 5.95. The minimum Gasteiger partial charge on any atom is -0.366 e. The van der Waals surface area contributed by atoms with E-state index in [0.29, 0.717) is 5.56 Å². The van der Waals surface area contributed by atoms with Crippen LogP contribution in [0.4, 0.5) is 0 Å². The monoisotopic (exact) mass is 210 g/mol. The molecule has 79 valence electrons. The lowest BCUT2D eigenvalue weighted by molar-refractivity contribution is 0.1000. The Hall–Kier alpha value is -2.09. The van der Waals surface area contributed by atoms with Crippen molar-refractivity contribution in [2.75, 3.05) is 0 Å². The SMILES string of the molecule is NC(=O)c1ccccc1[CH]c1ccccc1. The van der Waals surface area contributed by atoms with Gasteiger partial charge in [0.05, 0.1) is 0 Å². The van der Waals surface area contributed by atoms with E-state index in [1.54, 1.807) is 6.07 Å². The molecule has 0 aliphatic heterocycles. The minimum absolute atomic E-state index is 0.400. The first-order valence-corrected chi connectivity index (χ1v) is 5.06. The molecule has 0 fully saturated rings. The fourth-order valence-electron chi connectivity index (χ4n) is 1.58. The second kappa shape index (κ2) is 4.62.